The van der Waals surface area contributed by atoms with Crippen molar-refractivity contribution < 1.29 is 19.4 Å². The lowest BCUT2D eigenvalue weighted by Gasteiger charge is -2.60. The monoisotopic (exact) mass is 371 g/mol. The van der Waals surface area contributed by atoms with Crippen molar-refractivity contribution in [3.8, 4) is 11.5 Å². The number of fused-ring (bicyclic) bond motifs is 1. The van der Waals surface area contributed by atoms with Crippen LogP contribution in [0.25, 0.3) is 0 Å². The van der Waals surface area contributed by atoms with E-state index in [9.17, 15) is 9.90 Å². The average Bonchev–Trinajstić information content (AvgIpc) is 2.59. The lowest BCUT2D eigenvalue weighted by atomic mass is 9.47. The molecule has 27 heavy (non-hydrogen) atoms. The number of hydrogen-bond donors (Lipinski definition) is 1. The number of rotatable bonds is 4. The predicted molar refractivity (Wildman–Crippen MR) is 101 cm³/mol. The summed E-state index contributed by atoms with van der Waals surface area (Å²) in [7, 11) is 1.86. The van der Waals surface area contributed by atoms with Crippen molar-refractivity contribution in [3.05, 3.63) is 24.3 Å². The second-order valence-corrected chi connectivity index (χ2v) is 9.63. The summed E-state index contributed by atoms with van der Waals surface area (Å²) in [5.41, 5.74) is -0.492. The Balaban J connectivity index is 1.22. The minimum atomic E-state index is -0.507. The molecule has 1 N–H and O–H groups in total. The van der Waals surface area contributed by atoms with Gasteiger partial charge < -0.3 is 19.5 Å². The van der Waals surface area contributed by atoms with Crippen LogP contribution < -0.4 is 9.47 Å². The van der Waals surface area contributed by atoms with E-state index in [2.05, 4.69) is 0 Å². The van der Waals surface area contributed by atoms with E-state index in [1.807, 2.05) is 31.3 Å². The summed E-state index contributed by atoms with van der Waals surface area (Å²) in [6.07, 6.45) is 6.59. The van der Waals surface area contributed by atoms with Crippen molar-refractivity contribution in [3.63, 3.8) is 0 Å². The fourth-order valence-corrected chi connectivity index (χ4v) is 6.62. The summed E-state index contributed by atoms with van der Waals surface area (Å²) in [4.78, 5) is 14.8. The maximum absolute atomic E-state index is 13.0. The quantitative estimate of drug-likeness (QED) is 0.884. The molecule has 6 rings (SSSR count). The van der Waals surface area contributed by atoms with Gasteiger partial charge in [-0.3, -0.25) is 4.79 Å². The molecule has 5 heteroatoms. The highest BCUT2D eigenvalue weighted by atomic mass is 16.6. The van der Waals surface area contributed by atoms with Crippen LogP contribution in [0.3, 0.4) is 0 Å². The van der Waals surface area contributed by atoms with E-state index in [0.29, 0.717) is 31.4 Å². The molecule has 1 aliphatic heterocycles. The average molecular weight is 371 g/mol. The van der Waals surface area contributed by atoms with Crippen LogP contribution in [0.15, 0.2) is 24.3 Å². The summed E-state index contributed by atoms with van der Waals surface area (Å²) in [5, 5.41) is 10.9. The van der Waals surface area contributed by atoms with Gasteiger partial charge in [0.05, 0.1) is 12.1 Å². The van der Waals surface area contributed by atoms with Crippen molar-refractivity contribution >= 4 is 5.91 Å². The molecule has 1 aromatic rings. The Bertz CT molecular complexity index is 734. The van der Waals surface area contributed by atoms with E-state index in [1.165, 1.54) is 6.42 Å². The van der Waals surface area contributed by atoms with Gasteiger partial charge >= 0.3 is 0 Å². The highest BCUT2D eigenvalue weighted by Gasteiger charge is 2.57. The molecule has 4 aliphatic carbocycles. The number of benzene rings is 1. The SMILES string of the molecule is CN(C[C@H]1COc2ccccc2O1)C(=O)CC12C[C@H]3C[C@@H](CC(O)(C3)C1)C2. The number of carbonyl (C=O) groups is 1. The van der Waals surface area contributed by atoms with Crippen LogP contribution in [-0.4, -0.2) is 47.8 Å². The Kier molecular flexibility index (Phi) is 3.94. The van der Waals surface area contributed by atoms with E-state index in [0.717, 1.165) is 43.6 Å². The second-order valence-electron chi connectivity index (χ2n) is 9.63. The number of ether oxygens (including phenoxy) is 2. The van der Waals surface area contributed by atoms with Crippen LogP contribution in [0.5, 0.6) is 11.5 Å². The standard InChI is InChI=1S/C22H29NO4/c1-23(12-17-13-26-18-4-2-3-5-19(18)27-17)20(24)11-21-7-15-6-16(8-21)10-22(25,9-15)14-21/h2-5,15-17,25H,6-14H2,1H3/t15-,16-,17+,21?,22?/m1/s1. The van der Waals surface area contributed by atoms with Gasteiger partial charge in [0.25, 0.3) is 0 Å². The first kappa shape index (κ1) is 17.4. The number of para-hydroxylation sites is 2. The molecular formula is C22H29NO4. The van der Waals surface area contributed by atoms with Gasteiger partial charge in [0.1, 0.15) is 6.61 Å². The van der Waals surface area contributed by atoms with E-state index in [4.69, 9.17) is 9.47 Å². The van der Waals surface area contributed by atoms with Crippen LogP contribution in [0.1, 0.15) is 44.9 Å². The van der Waals surface area contributed by atoms with Gasteiger partial charge in [-0.05, 0) is 67.9 Å². The van der Waals surface area contributed by atoms with Crippen molar-refractivity contribution in [2.75, 3.05) is 20.2 Å². The molecule has 5 nitrogen and oxygen atoms in total. The van der Waals surface area contributed by atoms with Crippen LogP contribution in [0.4, 0.5) is 0 Å². The van der Waals surface area contributed by atoms with E-state index < -0.39 is 5.60 Å². The summed E-state index contributed by atoms with van der Waals surface area (Å²) in [6, 6.07) is 7.66. The smallest absolute Gasteiger partial charge is 0.222 e. The van der Waals surface area contributed by atoms with Crippen molar-refractivity contribution in [1.82, 2.24) is 4.90 Å². The maximum atomic E-state index is 13.0. The van der Waals surface area contributed by atoms with E-state index in [1.54, 1.807) is 4.90 Å². The van der Waals surface area contributed by atoms with Gasteiger partial charge in [0.2, 0.25) is 5.91 Å². The minimum Gasteiger partial charge on any atom is -0.486 e. The summed E-state index contributed by atoms with van der Waals surface area (Å²) in [6.45, 7) is 0.990. The highest BCUT2D eigenvalue weighted by Crippen LogP contribution is 2.62. The van der Waals surface area contributed by atoms with Gasteiger partial charge in [0.15, 0.2) is 17.6 Å². The Hall–Kier alpha value is -1.75. The molecule has 0 radical (unpaired) electrons. The fraction of sp³-hybridized carbons (Fsp3) is 0.682. The zero-order valence-electron chi connectivity index (χ0n) is 16.0. The van der Waals surface area contributed by atoms with E-state index >= 15 is 0 Å². The summed E-state index contributed by atoms with van der Waals surface area (Å²) in [5.74, 6) is 2.91. The van der Waals surface area contributed by atoms with E-state index in [-0.39, 0.29) is 17.4 Å². The molecule has 4 bridgehead atoms. The molecule has 4 saturated carbocycles. The predicted octanol–water partition coefficient (Wildman–Crippen LogP) is 3.01. The third kappa shape index (κ3) is 3.20. The molecule has 1 amide bonds. The first-order valence-corrected chi connectivity index (χ1v) is 10.3. The zero-order chi connectivity index (χ0) is 18.6. The number of likely N-dealkylation sites (N-methyl/N-ethyl adjacent to an activating group) is 1. The second kappa shape index (κ2) is 6.13. The first-order valence-electron chi connectivity index (χ1n) is 10.3. The van der Waals surface area contributed by atoms with Gasteiger partial charge in [0, 0.05) is 13.5 Å². The Morgan fingerprint density at radius 2 is 1.89 bits per heavy atom. The zero-order valence-corrected chi connectivity index (χ0v) is 16.0. The molecule has 146 valence electrons. The lowest BCUT2D eigenvalue weighted by Crippen LogP contribution is -2.56. The highest BCUT2D eigenvalue weighted by molar-refractivity contribution is 5.76. The van der Waals surface area contributed by atoms with Crippen molar-refractivity contribution in [2.24, 2.45) is 17.3 Å². The van der Waals surface area contributed by atoms with Gasteiger partial charge in [-0.15, -0.1) is 0 Å². The molecular weight excluding hydrogens is 342 g/mol. The third-order valence-electron chi connectivity index (χ3n) is 7.15. The number of nitrogens with zero attached hydrogens (tertiary/aromatic N) is 1. The van der Waals surface area contributed by atoms with Gasteiger partial charge in [-0.2, -0.15) is 0 Å². The van der Waals surface area contributed by atoms with Crippen LogP contribution >= 0.6 is 0 Å². The molecule has 0 saturated heterocycles. The Labute approximate surface area is 160 Å². The maximum Gasteiger partial charge on any atom is 0.222 e. The first-order chi connectivity index (χ1) is 12.9. The molecule has 3 atom stereocenters. The Morgan fingerprint density at radius 1 is 1.19 bits per heavy atom. The van der Waals surface area contributed by atoms with Crippen LogP contribution in [0.2, 0.25) is 0 Å². The number of hydrogen-bond acceptors (Lipinski definition) is 4. The van der Waals surface area contributed by atoms with Crippen LogP contribution in [-0.2, 0) is 4.79 Å². The third-order valence-corrected chi connectivity index (χ3v) is 7.15. The van der Waals surface area contributed by atoms with Crippen LogP contribution in [0, 0.1) is 17.3 Å². The van der Waals surface area contributed by atoms with Gasteiger partial charge in [-0.1, -0.05) is 12.1 Å². The van der Waals surface area contributed by atoms with Crippen molar-refractivity contribution in [1.29, 1.82) is 0 Å². The lowest BCUT2D eigenvalue weighted by molar-refractivity contribution is -0.172. The fourth-order valence-electron chi connectivity index (χ4n) is 6.62. The number of amides is 1. The summed E-state index contributed by atoms with van der Waals surface area (Å²) < 4.78 is 11.8. The molecule has 0 aromatic heterocycles. The van der Waals surface area contributed by atoms with Crippen molar-refractivity contribution in [2.45, 2.75) is 56.7 Å². The molecule has 4 fully saturated rings. The topological polar surface area (TPSA) is 59.0 Å². The molecule has 1 aromatic carbocycles. The molecule has 1 heterocycles. The molecule has 0 spiro atoms. The summed E-state index contributed by atoms with van der Waals surface area (Å²) >= 11 is 0. The minimum absolute atomic E-state index is 0.0146. The number of carbonyl (C=O) groups excluding carboxylic acids is 1. The number of aliphatic hydroxyl groups is 1. The normalized spacial score (nSPS) is 38.7. The van der Waals surface area contributed by atoms with Gasteiger partial charge in [-0.25, -0.2) is 0 Å². The Morgan fingerprint density at radius 3 is 2.59 bits per heavy atom. The molecule has 0 unspecified atom stereocenters. The largest absolute Gasteiger partial charge is 0.486 e. The molecule has 5 aliphatic rings.